The lowest BCUT2D eigenvalue weighted by atomic mass is 10.0. The van der Waals surface area contributed by atoms with E-state index in [1.165, 1.54) is 5.56 Å². The molecule has 1 aromatic carbocycles. The smallest absolute Gasteiger partial charge is 0.319 e. The molecule has 1 fully saturated rings. The molecule has 1 aliphatic rings. The summed E-state index contributed by atoms with van der Waals surface area (Å²) in [6.07, 6.45) is 1.61. The summed E-state index contributed by atoms with van der Waals surface area (Å²) >= 11 is 0. The number of aromatic nitrogens is 1. The number of urea groups is 1. The van der Waals surface area contributed by atoms with E-state index in [4.69, 9.17) is 4.52 Å². The second kappa shape index (κ2) is 7.05. The van der Waals surface area contributed by atoms with Crippen molar-refractivity contribution < 1.29 is 9.32 Å². The molecular weight excluding hydrogens is 304 g/mol. The van der Waals surface area contributed by atoms with Crippen molar-refractivity contribution in [3.8, 4) is 0 Å². The minimum absolute atomic E-state index is 0.0719. The summed E-state index contributed by atoms with van der Waals surface area (Å²) in [7, 11) is 2.09. The first-order valence-electron chi connectivity index (χ1n) is 8.38. The fourth-order valence-corrected chi connectivity index (χ4v) is 3.37. The average Bonchev–Trinajstić information content (AvgIpc) is 3.11. The van der Waals surface area contributed by atoms with Gasteiger partial charge in [-0.2, -0.15) is 0 Å². The lowest BCUT2D eigenvalue weighted by molar-refractivity contribution is 0.240. The minimum Gasteiger partial charge on any atom is -0.359 e. The lowest BCUT2D eigenvalue weighted by Crippen LogP contribution is -2.41. The number of anilines is 1. The third kappa shape index (κ3) is 3.28. The van der Waals surface area contributed by atoms with Crippen LogP contribution in [0.4, 0.5) is 10.5 Å². The molecule has 1 aromatic heterocycles. The molecule has 0 bridgehead atoms. The molecule has 0 radical (unpaired) electrons. The maximum absolute atomic E-state index is 12.5. The van der Waals surface area contributed by atoms with E-state index in [1.807, 2.05) is 32.0 Å². The highest BCUT2D eigenvalue weighted by molar-refractivity contribution is 5.90. The van der Waals surface area contributed by atoms with E-state index < -0.39 is 0 Å². The van der Waals surface area contributed by atoms with Crippen molar-refractivity contribution in [2.75, 3.05) is 18.9 Å². The van der Waals surface area contributed by atoms with E-state index in [9.17, 15) is 4.79 Å². The molecule has 0 unspecified atom stereocenters. The van der Waals surface area contributed by atoms with Gasteiger partial charge in [0.1, 0.15) is 11.4 Å². The number of nitrogens with one attached hydrogen (secondary N) is 2. The largest absolute Gasteiger partial charge is 0.359 e. The van der Waals surface area contributed by atoms with Crippen LogP contribution in [-0.4, -0.2) is 35.7 Å². The Morgan fingerprint density at radius 3 is 2.83 bits per heavy atom. The van der Waals surface area contributed by atoms with Gasteiger partial charge in [0.25, 0.3) is 0 Å². The molecule has 3 rings (SSSR count). The van der Waals surface area contributed by atoms with Crippen molar-refractivity contribution in [2.45, 2.75) is 38.8 Å². The third-order valence-electron chi connectivity index (χ3n) is 4.60. The summed E-state index contributed by atoms with van der Waals surface area (Å²) in [5.41, 5.74) is 2.60. The third-order valence-corrected chi connectivity index (χ3v) is 4.60. The first-order valence-corrected chi connectivity index (χ1v) is 8.38. The highest BCUT2D eigenvalue weighted by Gasteiger charge is 2.34. The zero-order valence-electron chi connectivity index (χ0n) is 14.4. The average molecular weight is 328 g/mol. The quantitative estimate of drug-likeness (QED) is 0.905. The Hall–Kier alpha value is -2.34. The molecule has 1 saturated heterocycles. The van der Waals surface area contributed by atoms with Gasteiger partial charge in [-0.15, -0.1) is 0 Å². The van der Waals surface area contributed by atoms with Crippen LogP contribution in [0.25, 0.3) is 0 Å². The first-order chi connectivity index (χ1) is 11.6. The fourth-order valence-electron chi connectivity index (χ4n) is 3.37. The number of likely N-dealkylation sites (N-methyl/N-ethyl adjacent to an activating group) is 1. The van der Waals surface area contributed by atoms with Crippen molar-refractivity contribution in [2.24, 2.45) is 0 Å². The number of carbonyl (C=O) groups excluding carboxylic acids is 1. The van der Waals surface area contributed by atoms with Crippen molar-refractivity contribution >= 4 is 11.7 Å². The maximum atomic E-state index is 12.5. The van der Waals surface area contributed by atoms with Crippen LogP contribution >= 0.6 is 0 Å². The van der Waals surface area contributed by atoms with Crippen LogP contribution in [0.2, 0.25) is 0 Å². The Morgan fingerprint density at radius 1 is 1.38 bits per heavy atom. The zero-order chi connectivity index (χ0) is 17.1. The van der Waals surface area contributed by atoms with Gasteiger partial charge in [0.15, 0.2) is 5.76 Å². The standard InChI is InChI=1S/C18H24N4O2/c1-4-15-16(12(2)21-24-15)20-18(23)19-14-10-11-22(3)17(14)13-8-6-5-7-9-13/h5-9,14,17H,4,10-11H2,1-3H3,(H2,19,20,23)/t14-,17+/m1/s1. The topological polar surface area (TPSA) is 70.4 Å². The Bertz CT molecular complexity index is 698. The maximum Gasteiger partial charge on any atom is 0.319 e. The number of hydrogen-bond acceptors (Lipinski definition) is 4. The van der Waals surface area contributed by atoms with Crippen molar-refractivity contribution in [1.82, 2.24) is 15.4 Å². The van der Waals surface area contributed by atoms with Crippen molar-refractivity contribution in [3.63, 3.8) is 0 Å². The van der Waals surface area contributed by atoms with Crippen LogP contribution in [0.1, 0.15) is 36.4 Å². The minimum atomic E-state index is -0.211. The van der Waals surface area contributed by atoms with Crippen molar-refractivity contribution in [1.29, 1.82) is 0 Å². The summed E-state index contributed by atoms with van der Waals surface area (Å²) in [5, 5.41) is 9.93. The molecule has 24 heavy (non-hydrogen) atoms. The summed E-state index contributed by atoms with van der Waals surface area (Å²) in [5.74, 6) is 0.700. The number of hydrogen-bond donors (Lipinski definition) is 2. The van der Waals surface area contributed by atoms with E-state index in [-0.39, 0.29) is 18.1 Å². The molecule has 0 spiro atoms. The van der Waals surface area contributed by atoms with Gasteiger partial charge in [-0.3, -0.25) is 4.90 Å². The number of rotatable bonds is 4. The Balaban J connectivity index is 1.70. The van der Waals surface area contributed by atoms with Gasteiger partial charge in [0, 0.05) is 13.0 Å². The fraction of sp³-hybridized carbons (Fsp3) is 0.444. The molecule has 1 aliphatic heterocycles. The Labute approximate surface area is 142 Å². The predicted octanol–water partition coefficient (Wildman–Crippen LogP) is 3.11. The van der Waals surface area contributed by atoms with E-state index in [0.29, 0.717) is 23.6 Å². The number of nitrogens with zero attached hydrogens (tertiary/aromatic N) is 2. The Morgan fingerprint density at radius 2 is 2.12 bits per heavy atom. The van der Waals surface area contributed by atoms with Gasteiger partial charge in [0.2, 0.25) is 0 Å². The number of benzene rings is 1. The van der Waals surface area contributed by atoms with Gasteiger partial charge < -0.3 is 15.2 Å². The van der Waals surface area contributed by atoms with Crippen LogP contribution in [0.15, 0.2) is 34.9 Å². The molecule has 6 nitrogen and oxygen atoms in total. The molecule has 0 saturated carbocycles. The lowest BCUT2D eigenvalue weighted by Gasteiger charge is -2.26. The van der Waals surface area contributed by atoms with Gasteiger partial charge in [-0.05, 0) is 26.0 Å². The molecule has 6 heteroatoms. The molecule has 128 valence electrons. The van der Waals surface area contributed by atoms with Crippen LogP contribution in [0.5, 0.6) is 0 Å². The second-order valence-electron chi connectivity index (χ2n) is 6.25. The van der Waals surface area contributed by atoms with Gasteiger partial charge in [-0.1, -0.05) is 42.4 Å². The molecular formula is C18H24N4O2. The number of likely N-dealkylation sites (tertiary alicyclic amines) is 1. The monoisotopic (exact) mass is 328 g/mol. The van der Waals surface area contributed by atoms with E-state index in [0.717, 1.165) is 13.0 Å². The summed E-state index contributed by atoms with van der Waals surface area (Å²) in [6.45, 7) is 4.76. The number of carbonyl (C=O) groups is 1. The molecule has 2 heterocycles. The normalized spacial score (nSPS) is 21.0. The van der Waals surface area contributed by atoms with Crippen LogP contribution in [0, 0.1) is 6.92 Å². The van der Waals surface area contributed by atoms with E-state index in [2.05, 4.69) is 39.9 Å². The van der Waals surface area contributed by atoms with E-state index >= 15 is 0 Å². The van der Waals surface area contributed by atoms with Gasteiger partial charge in [-0.25, -0.2) is 4.79 Å². The molecule has 2 aromatic rings. The van der Waals surface area contributed by atoms with E-state index in [1.54, 1.807) is 0 Å². The molecule has 2 atom stereocenters. The van der Waals surface area contributed by atoms with Crippen LogP contribution < -0.4 is 10.6 Å². The molecule has 0 aliphatic carbocycles. The van der Waals surface area contributed by atoms with Crippen LogP contribution in [-0.2, 0) is 6.42 Å². The summed E-state index contributed by atoms with van der Waals surface area (Å²) in [6, 6.07) is 10.3. The molecule has 2 amide bonds. The molecule has 2 N–H and O–H groups in total. The summed E-state index contributed by atoms with van der Waals surface area (Å²) in [4.78, 5) is 14.7. The first kappa shape index (κ1) is 16.5. The number of amides is 2. The van der Waals surface area contributed by atoms with Gasteiger partial charge >= 0.3 is 6.03 Å². The SMILES string of the molecule is CCc1onc(C)c1NC(=O)N[C@@H]1CCN(C)[C@H]1c1ccccc1. The van der Waals surface area contributed by atoms with Crippen LogP contribution in [0.3, 0.4) is 0 Å². The highest BCUT2D eigenvalue weighted by Crippen LogP contribution is 2.31. The van der Waals surface area contributed by atoms with Gasteiger partial charge in [0.05, 0.1) is 12.1 Å². The predicted molar refractivity (Wildman–Crippen MR) is 93.0 cm³/mol. The highest BCUT2D eigenvalue weighted by atomic mass is 16.5. The number of aryl methyl sites for hydroxylation is 2. The zero-order valence-corrected chi connectivity index (χ0v) is 14.4. The second-order valence-corrected chi connectivity index (χ2v) is 6.25. The van der Waals surface area contributed by atoms with Crippen molar-refractivity contribution in [3.05, 3.63) is 47.3 Å². The summed E-state index contributed by atoms with van der Waals surface area (Å²) < 4.78 is 5.22. The Kier molecular flexibility index (Phi) is 4.85.